The number of guanidine groups is 1. The molecule has 2 N–H and O–H groups in total. The van der Waals surface area contributed by atoms with Crippen LogP contribution in [-0.4, -0.2) is 65.7 Å². The molecule has 1 aromatic carbocycles. The zero-order valence-corrected chi connectivity index (χ0v) is 17.8. The summed E-state index contributed by atoms with van der Waals surface area (Å²) in [5, 5.41) is 6.71. The highest BCUT2D eigenvalue weighted by atomic mass is 19.1. The minimum atomic E-state index is -0.211. The Balaban J connectivity index is 1.74. The molecular weight excluding hydrogens is 373 g/mol. The molecule has 1 fully saturated rings. The monoisotopic (exact) mass is 409 g/mol. The predicted octanol–water partition coefficient (Wildman–Crippen LogP) is 2.87. The summed E-state index contributed by atoms with van der Waals surface area (Å²) in [5.74, 6) is 0.526. The highest BCUT2D eigenvalue weighted by molar-refractivity contribution is 5.79. The van der Waals surface area contributed by atoms with Crippen molar-refractivity contribution in [3.05, 3.63) is 35.6 Å². The molecule has 0 saturated carbocycles. The number of ether oxygens (including phenoxy) is 3. The van der Waals surface area contributed by atoms with E-state index in [2.05, 4.69) is 22.5 Å². The molecule has 1 saturated heterocycles. The van der Waals surface area contributed by atoms with Crippen molar-refractivity contribution in [3.8, 4) is 0 Å². The van der Waals surface area contributed by atoms with Gasteiger partial charge in [-0.2, -0.15) is 0 Å². The standard InChI is InChI=1S/C22H36FN3O3/c1-3-4-12-27-16-17-29-15-11-25-21(24-2)26-18-22(9-13-28-14-10-22)19-5-7-20(23)8-6-19/h5-8H,3-4,9-18H2,1-2H3,(H2,24,25,26). The maximum absolute atomic E-state index is 13.4. The Kier molecular flexibility index (Phi) is 11.0. The van der Waals surface area contributed by atoms with E-state index in [1.165, 1.54) is 12.1 Å². The molecule has 0 aliphatic carbocycles. The van der Waals surface area contributed by atoms with Gasteiger partial charge in [0.25, 0.3) is 0 Å². The lowest BCUT2D eigenvalue weighted by Crippen LogP contribution is -2.48. The van der Waals surface area contributed by atoms with Gasteiger partial charge in [-0.3, -0.25) is 4.99 Å². The second-order valence-corrected chi connectivity index (χ2v) is 7.33. The van der Waals surface area contributed by atoms with Crippen LogP contribution in [0.4, 0.5) is 4.39 Å². The predicted molar refractivity (Wildman–Crippen MR) is 114 cm³/mol. The molecular formula is C22H36FN3O3. The van der Waals surface area contributed by atoms with Crippen LogP contribution in [0.5, 0.6) is 0 Å². The number of hydrogen-bond acceptors (Lipinski definition) is 4. The second-order valence-electron chi connectivity index (χ2n) is 7.33. The first-order chi connectivity index (χ1) is 14.2. The van der Waals surface area contributed by atoms with E-state index in [1.54, 1.807) is 7.05 Å². The van der Waals surface area contributed by atoms with Gasteiger partial charge in [-0.15, -0.1) is 0 Å². The normalized spacial score (nSPS) is 16.6. The number of nitrogens with one attached hydrogen (secondary N) is 2. The van der Waals surface area contributed by atoms with Crippen LogP contribution in [-0.2, 0) is 19.6 Å². The van der Waals surface area contributed by atoms with Gasteiger partial charge in [-0.05, 0) is 37.0 Å². The Morgan fingerprint density at radius 2 is 1.76 bits per heavy atom. The lowest BCUT2D eigenvalue weighted by Gasteiger charge is -2.38. The number of nitrogens with zero attached hydrogens (tertiary/aromatic N) is 1. The summed E-state index contributed by atoms with van der Waals surface area (Å²) in [7, 11) is 1.76. The summed E-state index contributed by atoms with van der Waals surface area (Å²) < 4.78 is 30.0. The number of aliphatic imine (C=N–C) groups is 1. The Hall–Kier alpha value is -1.70. The highest BCUT2D eigenvalue weighted by Crippen LogP contribution is 2.34. The van der Waals surface area contributed by atoms with Crippen molar-refractivity contribution in [1.82, 2.24) is 10.6 Å². The Morgan fingerprint density at radius 3 is 2.41 bits per heavy atom. The largest absolute Gasteiger partial charge is 0.381 e. The summed E-state index contributed by atoms with van der Waals surface area (Å²) in [4.78, 5) is 4.30. The molecule has 0 unspecified atom stereocenters. The fourth-order valence-corrected chi connectivity index (χ4v) is 3.42. The van der Waals surface area contributed by atoms with Crippen molar-refractivity contribution >= 4 is 5.96 Å². The van der Waals surface area contributed by atoms with Crippen LogP contribution in [0.2, 0.25) is 0 Å². The van der Waals surface area contributed by atoms with Crippen LogP contribution in [0.1, 0.15) is 38.2 Å². The smallest absolute Gasteiger partial charge is 0.191 e. The Labute approximate surface area is 174 Å². The number of benzene rings is 1. The summed E-state index contributed by atoms with van der Waals surface area (Å²) in [6, 6.07) is 6.83. The van der Waals surface area contributed by atoms with Gasteiger partial charge < -0.3 is 24.8 Å². The van der Waals surface area contributed by atoms with Crippen LogP contribution in [0, 0.1) is 5.82 Å². The first-order valence-electron chi connectivity index (χ1n) is 10.6. The fourth-order valence-electron chi connectivity index (χ4n) is 3.42. The van der Waals surface area contributed by atoms with E-state index in [0.29, 0.717) is 46.1 Å². The number of unbranched alkanes of at least 4 members (excludes halogenated alkanes) is 1. The van der Waals surface area contributed by atoms with Crippen molar-refractivity contribution < 1.29 is 18.6 Å². The molecule has 0 amide bonds. The van der Waals surface area contributed by atoms with Crippen LogP contribution in [0.15, 0.2) is 29.3 Å². The molecule has 6 nitrogen and oxygen atoms in total. The summed E-state index contributed by atoms with van der Waals surface area (Å²) >= 11 is 0. The lowest BCUT2D eigenvalue weighted by atomic mass is 9.74. The minimum absolute atomic E-state index is 0.0874. The van der Waals surface area contributed by atoms with E-state index in [4.69, 9.17) is 14.2 Å². The Bertz CT molecular complexity index is 589. The van der Waals surface area contributed by atoms with E-state index in [-0.39, 0.29) is 11.2 Å². The molecule has 1 heterocycles. The molecule has 1 aliphatic rings. The first-order valence-corrected chi connectivity index (χ1v) is 10.6. The van der Waals surface area contributed by atoms with Gasteiger partial charge in [-0.25, -0.2) is 4.39 Å². The van der Waals surface area contributed by atoms with Crippen LogP contribution < -0.4 is 10.6 Å². The number of hydrogen-bond donors (Lipinski definition) is 2. The zero-order valence-electron chi connectivity index (χ0n) is 17.8. The molecule has 29 heavy (non-hydrogen) atoms. The third kappa shape index (κ3) is 8.28. The maximum Gasteiger partial charge on any atom is 0.191 e. The van der Waals surface area contributed by atoms with Gasteiger partial charge in [0.2, 0.25) is 0 Å². The van der Waals surface area contributed by atoms with E-state index >= 15 is 0 Å². The van der Waals surface area contributed by atoms with E-state index in [9.17, 15) is 4.39 Å². The maximum atomic E-state index is 13.4. The van der Waals surface area contributed by atoms with Crippen LogP contribution >= 0.6 is 0 Å². The van der Waals surface area contributed by atoms with Crippen LogP contribution in [0.3, 0.4) is 0 Å². The van der Waals surface area contributed by atoms with Gasteiger partial charge in [0, 0.05) is 45.4 Å². The van der Waals surface area contributed by atoms with Crippen molar-refractivity contribution in [2.45, 2.75) is 38.0 Å². The Morgan fingerprint density at radius 1 is 1.07 bits per heavy atom. The van der Waals surface area contributed by atoms with E-state index in [0.717, 1.165) is 43.8 Å². The topological polar surface area (TPSA) is 64.1 Å². The molecule has 7 heteroatoms. The van der Waals surface area contributed by atoms with Gasteiger partial charge in [0.1, 0.15) is 5.82 Å². The molecule has 1 aromatic rings. The highest BCUT2D eigenvalue weighted by Gasteiger charge is 2.34. The summed E-state index contributed by atoms with van der Waals surface area (Å²) in [6.45, 7) is 7.58. The average Bonchev–Trinajstić information content (AvgIpc) is 2.75. The van der Waals surface area contributed by atoms with E-state index < -0.39 is 0 Å². The quantitative estimate of drug-likeness (QED) is 0.316. The summed E-state index contributed by atoms with van der Waals surface area (Å²) in [6.07, 6.45) is 4.02. The lowest BCUT2D eigenvalue weighted by molar-refractivity contribution is 0.0484. The van der Waals surface area contributed by atoms with Crippen molar-refractivity contribution in [1.29, 1.82) is 0 Å². The SMILES string of the molecule is CCCCOCCOCCNC(=NC)NCC1(c2ccc(F)cc2)CCOCC1. The van der Waals surface area contributed by atoms with Gasteiger partial charge in [0.15, 0.2) is 5.96 Å². The summed E-state index contributed by atoms with van der Waals surface area (Å²) in [5.41, 5.74) is 1.05. The third-order valence-corrected chi connectivity index (χ3v) is 5.28. The molecule has 0 atom stereocenters. The zero-order chi connectivity index (χ0) is 20.8. The molecule has 0 bridgehead atoms. The molecule has 0 spiro atoms. The average molecular weight is 410 g/mol. The number of rotatable bonds is 12. The molecule has 164 valence electrons. The first kappa shape index (κ1) is 23.6. The van der Waals surface area contributed by atoms with Crippen molar-refractivity contribution in [3.63, 3.8) is 0 Å². The molecule has 0 radical (unpaired) electrons. The second kappa shape index (κ2) is 13.5. The van der Waals surface area contributed by atoms with Crippen LogP contribution in [0.25, 0.3) is 0 Å². The molecule has 1 aliphatic heterocycles. The fraction of sp³-hybridized carbons (Fsp3) is 0.682. The van der Waals surface area contributed by atoms with Crippen molar-refractivity contribution in [2.75, 3.05) is 59.8 Å². The number of halogens is 1. The van der Waals surface area contributed by atoms with Crippen molar-refractivity contribution in [2.24, 2.45) is 4.99 Å². The van der Waals surface area contributed by atoms with E-state index in [1.807, 2.05) is 12.1 Å². The van der Waals surface area contributed by atoms with Gasteiger partial charge >= 0.3 is 0 Å². The van der Waals surface area contributed by atoms with Gasteiger partial charge in [-0.1, -0.05) is 25.5 Å². The molecule has 0 aromatic heterocycles. The minimum Gasteiger partial charge on any atom is -0.381 e. The third-order valence-electron chi connectivity index (χ3n) is 5.28. The van der Waals surface area contributed by atoms with Gasteiger partial charge in [0.05, 0.1) is 19.8 Å². The molecule has 2 rings (SSSR count).